The maximum absolute atomic E-state index is 4.93. The third-order valence-electron chi connectivity index (χ3n) is 5.74. The third kappa shape index (κ3) is 3.95. The molecule has 0 amide bonds. The fourth-order valence-electron chi connectivity index (χ4n) is 4.29. The zero-order chi connectivity index (χ0) is 21.3. The molecule has 0 fully saturated rings. The van der Waals surface area contributed by atoms with Crippen LogP contribution in [0.4, 0.5) is 0 Å². The van der Waals surface area contributed by atoms with Crippen LogP contribution in [0.2, 0.25) is 0 Å². The van der Waals surface area contributed by atoms with E-state index in [1.165, 1.54) is 27.1 Å². The molecule has 3 heterocycles. The number of nitrogens with zero attached hydrogens (tertiary/aromatic N) is 3. The molecule has 0 aliphatic rings. The molecule has 33 heavy (non-hydrogen) atoms. The van der Waals surface area contributed by atoms with E-state index in [4.69, 9.17) is 4.98 Å². The van der Waals surface area contributed by atoms with E-state index < -0.39 is 0 Å². The van der Waals surface area contributed by atoms with Crippen LogP contribution in [0.15, 0.2) is 116 Å². The molecule has 3 nitrogen and oxygen atoms in total. The molecule has 0 saturated carbocycles. The molecular weight excluding hydrogens is 491 g/mol. The smallest absolute Gasteiger partial charge is 0.0900 e. The normalized spacial score (nSPS) is 10.8. The molecule has 158 valence electrons. The fraction of sp³-hybridized carbons (Fsp3) is 0. The van der Waals surface area contributed by atoms with Gasteiger partial charge >= 0.3 is 0 Å². The summed E-state index contributed by atoms with van der Waals surface area (Å²) in [6.45, 7) is 0. The molecule has 0 atom stereocenters. The van der Waals surface area contributed by atoms with Crippen LogP contribution in [0.25, 0.3) is 55.4 Å². The van der Waals surface area contributed by atoms with Gasteiger partial charge in [-0.05, 0) is 75.1 Å². The zero-order valence-electron chi connectivity index (χ0n) is 17.7. The van der Waals surface area contributed by atoms with E-state index in [9.17, 15) is 0 Å². The van der Waals surface area contributed by atoms with E-state index in [2.05, 4.69) is 76.7 Å². The van der Waals surface area contributed by atoms with Crippen molar-refractivity contribution in [2.24, 2.45) is 0 Å². The van der Waals surface area contributed by atoms with E-state index in [0.29, 0.717) is 0 Å². The van der Waals surface area contributed by atoms with Gasteiger partial charge in [0.2, 0.25) is 0 Å². The quantitative estimate of drug-likeness (QED) is 0.187. The van der Waals surface area contributed by atoms with Crippen LogP contribution >= 0.6 is 0 Å². The first kappa shape index (κ1) is 21.1. The number of rotatable bonds is 3. The van der Waals surface area contributed by atoms with Gasteiger partial charge in [-0.25, -0.2) is 4.98 Å². The van der Waals surface area contributed by atoms with Gasteiger partial charge in [0.05, 0.1) is 22.8 Å². The summed E-state index contributed by atoms with van der Waals surface area (Å²) in [5.74, 6) is 0. The fourth-order valence-corrected chi connectivity index (χ4v) is 4.29. The molecular formula is C29H19N3Ru. The standard InChI is InChI=1S/C29H19N3.Ru/c1-3-11-23-20(9-1)17-21-10-2-4-12-24(21)29(23)22-18-27(25-13-5-7-15-30-25)32-28(19-22)26-14-6-8-16-31-26;/h1-19H;. The average Bonchev–Trinajstić information content (AvgIpc) is 2.88. The first-order valence-corrected chi connectivity index (χ1v) is 10.6. The number of fused-ring (bicyclic) bond motifs is 2. The van der Waals surface area contributed by atoms with Crippen molar-refractivity contribution >= 4 is 21.5 Å². The molecule has 3 aromatic heterocycles. The van der Waals surface area contributed by atoms with Crippen molar-refractivity contribution in [2.75, 3.05) is 0 Å². The van der Waals surface area contributed by atoms with Gasteiger partial charge in [0.25, 0.3) is 0 Å². The van der Waals surface area contributed by atoms with Gasteiger partial charge in [-0.1, -0.05) is 60.7 Å². The maximum atomic E-state index is 4.93. The number of aromatic nitrogens is 3. The SMILES string of the molecule is [Ru].c1ccc(-c2cc(-c3c4ccccc4cc4ccccc34)cc(-c3ccccn3)n2)nc1. The molecule has 6 rings (SSSR count). The predicted molar refractivity (Wildman–Crippen MR) is 131 cm³/mol. The number of hydrogen-bond donors (Lipinski definition) is 0. The minimum atomic E-state index is 0. The van der Waals surface area contributed by atoms with Gasteiger partial charge in [0.1, 0.15) is 0 Å². The van der Waals surface area contributed by atoms with Crippen molar-refractivity contribution < 1.29 is 19.5 Å². The van der Waals surface area contributed by atoms with Gasteiger partial charge in [-0.2, -0.15) is 0 Å². The summed E-state index contributed by atoms with van der Waals surface area (Å²) in [4.78, 5) is 14.1. The van der Waals surface area contributed by atoms with E-state index in [0.717, 1.165) is 28.3 Å². The maximum Gasteiger partial charge on any atom is 0.0900 e. The number of benzene rings is 3. The van der Waals surface area contributed by atoms with Gasteiger partial charge in [-0.3, -0.25) is 9.97 Å². The first-order valence-electron chi connectivity index (χ1n) is 10.6. The Morgan fingerprint density at radius 3 is 1.42 bits per heavy atom. The van der Waals surface area contributed by atoms with Crippen LogP contribution < -0.4 is 0 Å². The molecule has 0 unspecified atom stereocenters. The molecule has 0 radical (unpaired) electrons. The summed E-state index contributed by atoms with van der Waals surface area (Å²) in [6, 6.07) is 35.5. The Hall–Kier alpha value is -3.75. The second-order valence-corrected chi connectivity index (χ2v) is 7.75. The largest absolute Gasteiger partial charge is 0.255 e. The van der Waals surface area contributed by atoms with Crippen LogP contribution in [0.3, 0.4) is 0 Å². The van der Waals surface area contributed by atoms with Crippen molar-refractivity contribution in [1.29, 1.82) is 0 Å². The summed E-state index contributed by atoms with van der Waals surface area (Å²) in [7, 11) is 0. The van der Waals surface area contributed by atoms with Gasteiger partial charge in [-0.15, -0.1) is 0 Å². The van der Waals surface area contributed by atoms with Gasteiger partial charge in [0, 0.05) is 31.9 Å². The first-order chi connectivity index (χ1) is 15.9. The minimum Gasteiger partial charge on any atom is -0.255 e. The summed E-state index contributed by atoms with van der Waals surface area (Å²) in [5.41, 5.74) is 5.67. The average molecular weight is 511 g/mol. The Kier molecular flexibility index (Phi) is 5.77. The van der Waals surface area contributed by atoms with Crippen molar-refractivity contribution in [3.63, 3.8) is 0 Å². The van der Waals surface area contributed by atoms with Crippen molar-refractivity contribution in [3.05, 3.63) is 116 Å². The van der Waals surface area contributed by atoms with E-state index in [-0.39, 0.29) is 19.5 Å². The second kappa shape index (κ2) is 9.01. The van der Waals surface area contributed by atoms with E-state index in [1.807, 2.05) is 36.4 Å². The molecule has 0 aliphatic heterocycles. The van der Waals surface area contributed by atoms with Crippen LogP contribution in [-0.2, 0) is 19.5 Å². The number of hydrogen-bond acceptors (Lipinski definition) is 3. The minimum absolute atomic E-state index is 0. The summed E-state index contributed by atoms with van der Waals surface area (Å²) in [6.07, 6.45) is 3.61. The van der Waals surface area contributed by atoms with Crippen LogP contribution in [-0.4, -0.2) is 15.0 Å². The van der Waals surface area contributed by atoms with E-state index >= 15 is 0 Å². The van der Waals surface area contributed by atoms with Gasteiger partial charge in [0.15, 0.2) is 0 Å². The van der Waals surface area contributed by atoms with Crippen molar-refractivity contribution in [2.45, 2.75) is 0 Å². The summed E-state index contributed by atoms with van der Waals surface area (Å²) >= 11 is 0. The Morgan fingerprint density at radius 2 is 0.939 bits per heavy atom. The molecule has 3 aromatic carbocycles. The molecule has 0 bridgehead atoms. The topological polar surface area (TPSA) is 38.7 Å². The zero-order valence-corrected chi connectivity index (χ0v) is 19.4. The second-order valence-electron chi connectivity index (χ2n) is 7.75. The molecule has 4 heteroatoms. The Bertz CT molecular complexity index is 1450. The molecule has 0 spiro atoms. The molecule has 0 saturated heterocycles. The predicted octanol–water partition coefficient (Wildman–Crippen LogP) is 7.18. The van der Waals surface area contributed by atoms with Crippen molar-refractivity contribution in [3.8, 4) is 33.9 Å². The monoisotopic (exact) mass is 511 g/mol. The molecule has 0 N–H and O–H groups in total. The van der Waals surface area contributed by atoms with E-state index in [1.54, 1.807) is 12.4 Å². The Balaban J connectivity index is 0.00000228. The van der Waals surface area contributed by atoms with Gasteiger partial charge < -0.3 is 0 Å². The van der Waals surface area contributed by atoms with Crippen LogP contribution in [0.5, 0.6) is 0 Å². The summed E-state index contributed by atoms with van der Waals surface area (Å²) in [5, 5.41) is 4.88. The van der Waals surface area contributed by atoms with Crippen LogP contribution in [0, 0.1) is 0 Å². The molecule has 6 aromatic rings. The third-order valence-corrected chi connectivity index (χ3v) is 5.74. The molecule has 0 aliphatic carbocycles. The summed E-state index contributed by atoms with van der Waals surface area (Å²) < 4.78 is 0. The van der Waals surface area contributed by atoms with Crippen LogP contribution in [0.1, 0.15) is 0 Å². The Morgan fingerprint density at radius 1 is 0.455 bits per heavy atom. The Labute approximate surface area is 205 Å². The van der Waals surface area contributed by atoms with Crippen molar-refractivity contribution in [1.82, 2.24) is 15.0 Å². The number of pyridine rings is 3.